The molecule has 0 aliphatic carbocycles. The highest BCUT2D eigenvalue weighted by Gasteiger charge is 2.34. The predicted molar refractivity (Wildman–Crippen MR) is 46.4 cm³/mol. The number of halogens is 1. The molecule has 4 nitrogen and oxygen atoms in total. The van der Waals surface area contributed by atoms with Crippen molar-refractivity contribution in [2.24, 2.45) is 5.41 Å². The third-order valence-corrected chi connectivity index (χ3v) is 3.14. The first-order valence-corrected chi connectivity index (χ1v) is 4.27. The van der Waals surface area contributed by atoms with Gasteiger partial charge >= 0.3 is 11.9 Å². The van der Waals surface area contributed by atoms with E-state index in [0.717, 1.165) is 0 Å². The van der Waals surface area contributed by atoms with Gasteiger partial charge in [-0.05, 0) is 5.41 Å². The van der Waals surface area contributed by atoms with Crippen molar-refractivity contribution in [1.82, 2.24) is 0 Å². The van der Waals surface area contributed by atoms with Crippen LogP contribution in [0, 0.1) is 5.41 Å². The van der Waals surface area contributed by atoms with Crippen molar-refractivity contribution < 1.29 is 19.8 Å². The minimum atomic E-state index is -1.04. The minimum absolute atomic E-state index is 0.171. The van der Waals surface area contributed by atoms with Crippen LogP contribution in [0.4, 0.5) is 0 Å². The van der Waals surface area contributed by atoms with E-state index in [0.29, 0.717) is 0 Å². The summed E-state index contributed by atoms with van der Waals surface area (Å²) in [5, 5.41) is 17.1. The first kappa shape index (κ1) is 11.4. The maximum atomic E-state index is 10.5. The van der Waals surface area contributed by atoms with Gasteiger partial charge in [-0.1, -0.05) is 29.8 Å². The molecule has 1 atom stereocenters. The second-order valence-electron chi connectivity index (χ2n) is 3.26. The largest absolute Gasteiger partial charge is 0.481 e. The fraction of sp³-hybridized carbons (Fsp3) is 0.714. The van der Waals surface area contributed by atoms with Crippen LogP contribution in [0.2, 0.25) is 0 Å². The number of carbonyl (C=O) groups is 2. The van der Waals surface area contributed by atoms with Crippen molar-refractivity contribution in [3.63, 3.8) is 0 Å². The molecular weight excluding hydrogens is 228 g/mol. The van der Waals surface area contributed by atoms with Crippen LogP contribution in [-0.4, -0.2) is 27.0 Å². The van der Waals surface area contributed by atoms with Crippen LogP contribution in [0.15, 0.2) is 0 Å². The van der Waals surface area contributed by atoms with Crippen molar-refractivity contribution in [3.05, 3.63) is 0 Å². The molecule has 0 bridgehead atoms. The van der Waals surface area contributed by atoms with Gasteiger partial charge in [0, 0.05) is 0 Å². The van der Waals surface area contributed by atoms with Gasteiger partial charge in [-0.2, -0.15) is 0 Å². The van der Waals surface area contributed by atoms with Gasteiger partial charge in [-0.3, -0.25) is 9.59 Å². The Morgan fingerprint density at radius 2 is 1.83 bits per heavy atom. The van der Waals surface area contributed by atoms with Crippen LogP contribution in [-0.2, 0) is 9.59 Å². The van der Waals surface area contributed by atoms with Crippen molar-refractivity contribution in [2.75, 3.05) is 0 Å². The predicted octanol–water partition coefficient (Wildman–Crippen LogP) is 1.34. The summed E-state index contributed by atoms with van der Waals surface area (Å²) in [6.45, 7) is 3.18. The molecule has 0 heterocycles. The van der Waals surface area contributed by atoms with E-state index >= 15 is 0 Å². The standard InChI is InChI=1S/C7H11BrO4/c1-7(2,3-4(9)10)5(8)6(11)12/h5H,3H2,1-2H3,(H,9,10)(H,11,12). The van der Waals surface area contributed by atoms with Crippen molar-refractivity contribution in [1.29, 1.82) is 0 Å². The Labute approximate surface area is 78.7 Å². The molecule has 12 heavy (non-hydrogen) atoms. The maximum absolute atomic E-state index is 10.5. The summed E-state index contributed by atoms with van der Waals surface area (Å²) in [6, 6.07) is 0. The zero-order valence-electron chi connectivity index (χ0n) is 6.87. The summed E-state index contributed by atoms with van der Waals surface area (Å²) in [7, 11) is 0. The number of carboxylic acid groups (broad SMARTS) is 2. The highest BCUT2D eigenvalue weighted by atomic mass is 79.9. The number of rotatable bonds is 4. The number of carboxylic acids is 2. The third-order valence-electron chi connectivity index (χ3n) is 1.51. The van der Waals surface area contributed by atoms with E-state index in [-0.39, 0.29) is 6.42 Å². The van der Waals surface area contributed by atoms with E-state index in [1.165, 1.54) is 0 Å². The molecule has 0 aliphatic rings. The van der Waals surface area contributed by atoms with Crippen LogP contribution >= 0.6 is 15.9 Å². The molecule has 0 aromatic rings. The van der Waals surface area contributed by atoms with Crippen LogP contribution in [0.5, 0.6) is 0 Å². The minimum Gasteiger partial charge on any atom is -0.481 e. The molecule has 0 aromatic carbocycles. The Morgan fingerprint density at radius 3 is 2.08 bits per heavy atom. The van der Waals surface area contributed by atoms with Gasteiger partial charge in [0.15, 0.2) is 0 Å². The molecule has 70 valence electrons. The lowest BCUT2D eigenvalue weighted by Crippen LogP contribution is -2.33. The Hall–Kier alpha value is -0.580. The zero-order chi connectivity index (χ0) is 9.94. The lowest BCUT2D eigenvalue weighted by molar-refractivity contribution is -0.141. The number of hydrogen-bond acceptors (Lipinski definition) is 2. The summed E-state index contributed by atoms with van der Waals surface area (Å²) in [5.74, 6) is -2.04. The molecule has 0 saturated carbocycles. The topological polar surface area (TPSA) is 74.6 Å². The molecule has 0 saturated heterocycles. The SMILES string of the molecule is CC(C)(CC(=O)O)C(Br)C(=O)O. The van der Waals surface area contributed by atoms with Gasteiger partial charge in [0.25, 0.3) is 0 Å². The molecule has 0 aromatic heterocycles. The van der Waals surface area contributed by atoms with E-state index in [1.807, 2.05) is 0 Å². The molecule has 0 aliphatic heterocycles. The van der Waals surface area contributed by atoms with Gasteiger partial charge in [0.2, 0.25) is 0 Å². The second kappa shape index (κ2) is 3.89. The molecule has 2 N–H and O–H groups in total. The normalized spacial score (nSPS) is 13.9. The average Bonchev–Trinajstić information content (AvgIpc) is 1.82. The average molecular weight is 239 g/mol. The molecule has 1 unspecified atom stereocenters. The van der Waals surface area contributed by atoms with Crippen LogP contribution < -0.4 is 0 Å². The van der Waals surface area contributed by atoms with Crippen molar-refractivity contribution in [3.8, 4) is 0 Å². The van der Waals surface area contributed by atoms with E-state index in [4.69, 9.17) is 10.2 Å². The number of hydrogen-bond donors (Lipinski definition) is 2. The highest BCUT2D eigenvalue weighted by Crippen LogP contribution is 2.30. The Balaban J connectivity index is 4.38. The lowest BCUT2D eigenvalue weighted by atomic mass is 9.86. The smallest absolute Gasteiger partial charge is 0.317 e. The molecule has 0 amide bonds. The van der Waals surface area contributed by atoms with E-state index in [1.54, 1.807) is 13.8 Å². The molecule has 0 rings (SSSR count). The Kier molecular flexibility index (Phi) is 3.70. The molecular formula is C7H11BrO4. The van der Waals surface area contributed by atoms with Crippen molar-refractivity contribution in [2.45, 2.75) is 25.1 Å². The zero-order valence-corrected chi connectivity index (χ0v) is 8.46. The molecule has 0 radical (unpaired) electrons. The highest BCUT2D eigenvalue weighted by molar-refractivity contribution is 9.10. The van der Waals surface area contributed by atoms with Gasteiger partial charge < -0.3 is 10.2 Å². The number of aliphatic carboxylic acids is 2. The van der Waals surface area contributed by atoms with Crippen LogP contribution in [0.3, 0.4) is 0 Å². The van der Waals surface area contributed by atoms with Gasteiger partial charge in [0.1, 0.15) is 4.83 Å². The lowest BCUT2D eigenvalue weighted by Gasteiger charge is -2.25. The first-order chi connectivity index (χ1) is 5.27. The monoisotopic (exact) mass is 238 g/mol. The summed E-state index contributed by atoms with van der Waals surface area (Å²) >= 11 is 2.93. The van der Waals surface area contributed by atoms with E-state index < -0.39 is 22.2 Å². The van der Waals surface area contributed by atoms with E-state index in [9.17, 15) is 9.59 Å². The quantitative estimate of drug-likeness (QED) is 0.726. The Morgan fingerprint density at radius 1 is 1.42 bits per heavy atom. The van der Waals surface area contributed by atoms with Crippen LogP contribution in [0.1, 0.15) is 20.3 Å². The van der Waals surface area contributed by atoms with Gasteiger partial charge in [-0.15, -0.1) is 0 Å². The summed E-state index contributed by atoms with van der Waals surface area (Å²) < 4.78 is 0. The van der Waals surface area contributed by atoms with Crippen molar-refractivity contribution >= 4 is 27.9 Å². The summed E-state index contributed by atoms with van der Waals surface area (Å²) in [4.78, 5) is 20.0. The van der Waals surface area contributed by atoms with Gasteiger partial charge in [-0.25, -0.2) is 0 Å². The molecule has 0 spiro atoms. The molecule has 5 heteroatoms. The summed E-state index contributed by atoms with van der Waals surface area (Å²) in [5.41, 5.74) is -0.780. The van der Waals surface area contributed by atoms with E-state index in [2.05, 4.69) is 15.9 Å². The maximum Gasteiger partial charge on any atom is 0.317 e. The summed E-state index contributed by atoms with van der Waals surface area (Å²) in [6.07, 6.45) is -0.171. The first-order valence-electron chi connectivity index (χ1n) is 3.36. The molecule has 0 fully saturated rings. The fourth-order valence-corrected chi connectivity index (χ4v) is 0.975. The number of alkyl halides is 1. The second-order valence-corrected chi connectivity index (χ2v) is 4.18. The fourth-order valence-electron chi connectivity index (χ4n) is 0.814. The van der Waals surface area contributed by atoms with Gasteiger partial charge in [0.05, 0.1) is 6.42 Å². The third kappa shape index (κ3) is 3.21. The van der Waals surface area contributed by atoms with Crippen LogP contribution in [0.25, 0.3) is 0 Å². The Bertz CT molecular complexity index is 200.